The van der Waals surface area contributed by atoms with Gasteiger partial charge in [0.1, 0.15) is 5.76 Å². The maximum Gasteiger partial charge on any atom is 0.316 e. The standard InChI is InChI=1S/C16H21BrN4O2/c1-11-15(12(2)23-20-11)9-21-5-3-4-13(8-21)10-22-16-18-6-14(17)7-19-16/h6-7,13H,3-5,8-10H2,1-2H3. The van der Waals surface area contributed by atoms with Crippen LogP contribution in [0.4, 0.5) is 0 Å². The Labute approximate surface area is 144 Å². The molecule has 2 aromatic rings. The highest BCUT2D eigenvalue weighted by molar-refractivity contribution is 9.10. The highest BCUT2D eigenvalue weighted by Crippen LogP contribution is 2.22. The molecule has 124 valence electrons. The van der Waals surface area contributed by atoms with E-state index < -0.39 is 0 Å². The zero-order chi connectivity index (χ0) is 16.2. The number of nitrogens with zero attached hydrogens (tertiary/aromatic N) is 4. The molecule has 0 spiro atoms. The minimum Gasteiger partial charge on any atom is -0.463 e. The van der Waals surface area contributed by atoms with E-state index in [1.54, 1.807) is 12.4 Å². The Morgan fingerprint density at radius 3 is 2.83 bits per heavy atom. The number of likely N-dealkylation sites (tertiary alicyclic amines) is 1. The Morgan fingerprint density at radius 2 is 2.13 bits per heavy atom. The summed E-state index contributed by atoms with van der Waals surface area (Å²) in [5, 5.41) is 4.04. The molecule has 1 unspecified atom stereocenters. The maximum absolute atomic E-state index is 5.73. The number of hydrogen-bond acceptors (Lipinski definition) is 6. The first-order valence-corrected chi connectivity index (χ1v) is 8.65. The van der Waals surface area contributed by atoms with Crippen LogP contribution in [0, 0.1) is 19.8 Å². The lowest BCUT2D eigenvalue weighted by Crippen LogP contribution is -2.37. The van der Waals surface area contributed by atoms with Crippen LogP contribution in [0.5, 0.6) is 6.01 Å². The lowest BCUT2D eigenvalue weighted by atomic mass is 9.98. The Morgan fingerprint density at radius 1 is 1.35 bits per heavy atom. The van der Waals surface area contributed by atoms with E-state index >= 15 is 0 Å². The lowest BCUT2D eigenvalue weighted by molar-refractivity contribution is 0.120. The van der Waals surface area contributed by atoms with Crippen molar-refractivity contribution in [1.29, 1.82) is 0 Å². The van der Waals surface area contributed by atoms with Gasteiger partial charge in [0, 0.05) is 37.0 Å². The number of aryl methyl sites for hydroxylation is 2. The summed E-state index contributed by atoms with van der Waals surface area (Å²) in [6, 6.07) is 0.441. The molecule has 0 saturated carbocycles. The van der Waals surface area contributed by atoms with E-state index in [0.29, 0.717) is 18.5 Å². The molecule has 3 heterocycles. The van der Waals surface area contributed by atoms with Crippen molar-refractivity contribution in [3.05, 3.63) is 33.9 Å². The van der Waals surface area contributed by atoms with Gasteiger partial charge in [0.05, 0.1) is 16.8 Å². The molecule has 0 aromatic carbocycles. The van der Waals surface area contributed by atoms with Crippen LogP contribution in [-0.4, -0.2) is 39.7 Å². The van der Waals surface area contributed by atoms with E-state index in [9.17, 15) is 0 Å². The van der Waals surface area contributed by atoms with Crippen molar-refractivity contribution in [1.82, 2.24) is 20.0 Å². The molecular formula is C16H21BrN4O2. The van der Waals surface area contributed by atoms with Crippen LogP contribution in [0.15, 0.2) is 21.4 Å². The van der Waals surface area contributed by atoms with Crippen molar-refractivity contribution in [3.8, 4) is 6.01 Å². The molecular weight excluding hydrogens is 360 g/mol. The Kier molecular flexibility index (Phi) is 5.27. The Hall–Kier alpha value is -1.47. The molecule has 0 N–H and O–H groups in total. The van der Waals surface area contributed by atoms with Crippen LogP contribution in [-0.2, 0) is 6.54 Å². The zero-order valence-corrected chi connectivity index (χ0v) is 15.0. The van der Waals surface area contributed by atoms with Gasteiger partial charge in [0.25, 0.3) is 0 Å². The molecule has 0 bridgehead atoms. The SMILES string of the molecule is Cc1noc(C)c1CN1CCCC(COc2ncc(Br)cn2)C1. The summed E-state index contributed by atoms with van der Waals surface area (Å²) in [4.78, 5) is 10.8. The molecule has 7 heteroatoms. The normalized spacial score (nSPS) is 19.0. The van der Waals surface area contributed by atoms with Crippen LogP contribution >= 0.6 is 15.9 Å². The van der Waals surface area contributed by atoms with E-state index in [-0.39, 0.29) is 0 Å². The third-order valence-electron chi connectivity index (χ3n) is 4.21. The number of piperidine rings is 1. The summed E-state index contributed by atoms with van der Waals surface area (Å²) in [6.45, 7) is 7.65. The first kappa shape index (κ1) is 16.4. The summed E-state index contributed by atoms with van der Waals surface area (Å²) < 4.78 is 11.8. The molecule has 1 fully saturated rings. The van der Waals surface area contributed by atoms with Crippen molar-refractivity contribution in [2.45, 2.75) is 33.2 Å². The van der Waals surface area contributed by atoms with Crippen LogP contribution in [0.3, 0.4) is 0 Å². The molecule has 3 rings (SSSR count). The number of aromatic nitrogens is 3. The van der Waals surface area contributed by atoms with Gasteiger partial charge in [-0.2, -0.15) is 0 Å². The maximum atomic E-state index is 5.73. The Bertz CT molecular complexity index is 625. The van der Waals surface area contributed by atoms with Gasteiger partial charge in [-0.3, -0.25) is 4.90 Å². The fraction of sp³-hybridized carbons (Fsp3) is 0.562. The van der Waals surface area contributed by atoms with Gasteiger partial charge < -0.3 is 9.26 Å². The van der Waals surface area contributed by atoms with E-state index in [2.05, 4.69) is 36.0 Å². The topological polar surface area (TPSA) is 64.3 Å². The fourth-order valence-corrected chi connectivity index (χ4v) is 3.15. The quantitative estimate of drug-likeness (QED) is 0.793. The molecule has 0 aliphatic carbocycles. The predicted octanol–water partition coefficient (Wildman–Crippen LogP) is 3.13. The summed E-state index contributed by atoms with van der Waals surface area (Å²) >= 11 is 3.32. The second-order valence-corrected chi connectivity index (χ2v) is 6.96. The van der Waals surface area contributed by atoms with Crippen molar-refractivity contribution in [3.63, 3.8) is 0 Å². The average molecular weight is 381 g/mol. The van der Waals surface area contributed by atoms with E-state index in [1.807, 2.05) is 13.8 Å². The lowest BCUT2D eigenvalue weighted by Gasteiger charge is -2.32. The van der Waals surface area contributed by atoms with Crippen LogP contribution in [0.2, 0.25) is 0 Å². The van der Waals surface area contributed by atoms with Crippen LogP contribution < -0.4 is 4.74 Å². The first-order chi connectivity index (χ1) is 11.1. The molecule has 6 nitrogen and oxygen atoms in total. The van der Waals surface area contributed by atoms with Crippen molar-refractivity contribution >= 4 is 15.9 Å². The molecule has 0 amide bonds. The molecule has 1 aliphatic rings. The van der Waals surface area contributed by atoms with Crippen LogP contribution in [0.25, 0.3) is 0 Å². The number of hydrogen-bond donors (Lipinski definition) is 0. The second-order valence-electron chi connectivity index (χ2n) is 6.04. The molecule has 2 aromatic heterocycles. The van der Waals surface area contributed by atoms with Gasteiger partial charge in [-0.25, -0.2) is 9.97 Å². The second kappa shape index (κ2) is 7.40. The van der Waals surface area contributed by atoms with Gasteiger partial charge >= 0.3 is 6.01 Å². The molecule has 1 saturated heterocycles. The average Bonchev–Trinajstić information content (AvgIpc) is 2.87. The van der Waals surface area contributed by atoms with Crippen molar-refractivity contribution < 1.29 is 9.26 Å². The van der Waals surface area contributed by atoms with E-state index in [0.717, 1.165) is 35.6 Å². The summed E-state index contributed by atoms with van der Waals surface area (Å²) in [5.41, 5.74) is 2.20. The fourth-order valence-electron chi connectivity index (χ4n) is 2.95. The van der Waals surface area contributed by atoms with Gasteiger partial charge in [0.2, 0.25) is 0 Å². The molecule has 1 aliphatic heterocycles. The highest BCUT2D eigenvalue weighted by Gasteiger charge is 2.23. The Balaban J connectivity index is 1.53. The smallest absolute Gasteiger partial charge is 0.316 e. The summed E-state index contributed by atoms with van der Waals surface area (Å²) in [7, 11) is 0. The van der Waals surface area contributed by atoms with Crippen molar-refractivity contribution in [2.24, 2.45) is 5.92 Å². The minimum absolute atomic E-state index is 0.441. The zero-order valence-electron chi connectivity index (χ0n) is 13.5. The van der Waals surface area contributed by atoms with Gasteiger partial charge in [-0.15, -0.1) is 0 Å². The number of ether oxygens (including phenoxy) is 1. The van der Waals surface area contributed by atoms with Crippen molar-refractivity contribution in [2.75, 3.05) is 19.7 Å². The van der Waals surface area contributed by atoms with E-state index in [1.165, 1.54) is 18.4 Å². The number of rotatable bonds is 5. The predicted molar refractivity (Wildman–Crippen MR) is 89.2 cm³/mol. The van der Waals surface area contributed by atoms with E-state index in [4.69, 9.17) is 9.26 Å². The number of halogens is 1. The summed E-state index contributed by atoms with van der Waals surface area (Å²) in [5.74, 6) is 1.42. The van der Waals surface area contributed by atoms with Crippen LogP contribution in [0.1, 0.15) is 29.9 Å². The molecule has 23 heavy (non-hydrogen) atoms. The van der Waals surface area contributed by atoms with Gasteiger partial charge in [-0.1, -0.05) is 5.16 Å². The third kappa shape index (κ3) is 4.29. The van der Waals surface area contributed by atoms with Gasteiger partial charge in [-0.05, 0) is 49.2 Å². The molecule has 0 radical (unpaired) electrons. The molecule has 1 atom stereocenters. The first-order valence-electron chi connectivity index (χ1n) is 7.86. The highest BCUT2D eigenvalue weighted by atomic mass is 79.9. The largest absolute Gasteiger partial charge is 0.463 e. The minimum atomic E-state index is 0.441. The third-order valence-corrected chi connectivity index (χ3v) is 4.62. The monoisotopic (exact) mass is 380 g/mol. The summed E-state index contributed by atoms with van der Waals surface area (Å²) in [6.07, 6.45) is 5.76. The van der Waals surface area contributed by atoms with Gasteiger partial charge in [0.15, 0.2) is 0 Å².